The Labute approximate surface area is 154 Å². The third-order valence-electron chi connectivity index (χ3n) is 4.06. The van der Waals surface area contributed by atoms with Crippen molar-refractivity contribution in [1.29, 1.82) is 0 Å². The maximum atomic E-state index is 12.7. The zero-order valence-electron chi connectivity index (χ0n) is 14.1. The molecule has 3 aromatic carbocycles. The standard InChI is InChI=1S/C21H16F3NO2/c22-21(23,24)16-10-8-15(9-11-16)18-6-1-2-7-19(18)20(27)25-13-14-4-3-5-17(26)12-14/h1-12,26H,13H2,(H,25,27). The summed E-state index contributed by atoms with van der Waals surface area (Å²) in [5.74, 6) is -0.249. The molecule has 3 aromatic rings. The smallest absolute Gasteiger partial charge is 0.416 e. The Morgan fingerprint density at radius 1 is 0.926 bits per heavy atom. The first kappa shape index (κ1) is 18.5. The molecule has 2 N–H and O–H groups in total. The molecule has 0 aliphatic carbocycles. The minimum atomic E-state index is -4.41. The number of alkyl halides is 3. The van der Waals surface area contributed by atoms with Gasteiger partial charge < -0.3 is 10.4 Å². The molecule has 0 aromatic heterocycles. The number of carbonyl (C=O) groups is 1. The molecular weight excluding hydrogens is 355 g/mol. The minimum absolute atomic E-state index is 0.104. The van der Waals surface area contributed by atoms with Crippen LogP contribution in [0.5, 0.6) is 5.75 Å². The number of carbonyl (C=O) groups excluding carboxylic acids is 1. The number of phenolic OH excluding ortho intramolecular Hbond substituents is 1. The number of rotatable bonds is 4. The van der Waals surface area contributed by atoms with Crippen LogP contribution in [0.25, 0.3) is 11.1 Å². The van der Waals surface area contributed by atoms with Gasteiger partial charge in [0.15, 0.2) is 0 Å². The quantitative estimate of drug-likeness (QED) is 0.677. The van der Waals surface area contributed by atoms with Crippen LogP contribution in [0.2, 0.25) is 0 Å². The van der Waals surface area contributed by atoms with Crippen LogP contribution in [0.3, 0.4) is 0 Å². The summed E-state index contributed by atoms with van der Waals surface area (Å²) >= 11 is 0. The second-order valence-corrected chi connectivity index (χ2v) is 5.97. The Hall–Kier alpha value is -3.28. The maximum Gasteiger partial charge on any atom is 0.416 e. The summed E-state index contributed by atoms with van der Waals surface area (Å²) in [5.41, 5.74) is 1.41. The average Bonchev–Trinajstić information content (AvgIpc) is 2.65. The van der Waals surface area contributed by atoms with Crippen LogP contribution in [-0.2, 0) is 12.7 Å². The lowest BCUT2D eigenvalue weighted by Gasteiger charge is -2.12. The zero-order valence-corrected chi connectivity index (χ0v) is 14.1. The molecule has 6 heteroatoms. The molecule has 0 heterocycles. The summed E-state index contributed by atoms with van der Waals surface area (Å²) in [7, 11) is 0. The van der Waals surface area contributed by atoms with E-state index in [2.05, 4.69) is 5.32 Å². The van der Waals surface area contributed by atoms with Crippen LogP contribution < -0.4 is 5.32 Å². The molecular formula is C21H16F3NO2. The van der Waals surface area contributed by atoms with E-state index in [1.807, 2.05) is 0 Å². The Morgan fingerprint density at radius 3 is 2.30 bits per heavy atom. The molecule has 0 bridgehead atoms. The number of amides is 1. The van der Waals surface area contributed by atoms with E-state index in [0.717, 1.165) is 17.7 Å². The summed E-state index contributed by atoms with van der Waals surface area (Å²) in [4.78, 5) is 12.6. The number of phenols is 1. The monoisotopic (exact) mass is 371 g/mol. The van der Waals surface area contributed by atoms with E-state index in [1.165, 1.54) is 18.2 Å². The summed E-state index contributed by atoms with van der Waals surface area (Å²) in [5, 5.41) is 12.2. The Morgan fingerprint density at radius 2 is 1.63 bits per heavy atom. The molecule has 0 unspecified atom stereocenters. The summed E-state index contributed by atoms with van der Waals surface area (Å²) in [6.45, 7) is 0.217. The zero-order chi connectivity index (χ0) is 19.4. The van der Waals surface area contributed by atoms with Crippen molar-refractivity contribution in [1.82, 2.24) is 5.32 Å². The van der Waals surface area contributed by atoms with Gasteiger partial charge in [-0.15, -0.1) is 0 Å². The minimum Gasteiger partial charge on any atom is -0.508 e. The highest BCUT2D eigenvalue weighted by molar-refractivity contribution is 6.00. The molecule has 0 saturated carbocycles. The van der Waals surface area contributed by atoms with Gasteiger partial charge in [-0.25, -0.2) is 0 Å². The van der Waals surface area contributed by atoms with Gasteiger partial charge in [0, 0.05) is 12.1 Å². The molecule has 0 aliphatic rings. The molecule has 0 atom stereocenters. The van der Waals surface area contributed by atoms with Gasteiger partial charge in [-0.2, -0.15) is 13.2 Å². The van der Waals surface area contributed by atoms with E-state index in [4.69, 9.17) is 0 Å². The lowest BCUT2D eigenvalue weighted by molar-refractivity contribution is -0.137. The summed E-state index contributed by atoms with van der Waals surface area (Å²) in [6.07, 6.45) is -4.41. The second-order valence-electron chi connectivity index (χ2n) is 5.97. The first-order chi connectivity index (χ1) is 12.8. The van der Waals surface area contributed by atoms with Crippen molar-refractivity contribution < 1.29 is 23.1 Å². The van der Waals surface area contributed by atoms with E-state index in [9.17, 15) is 23.1 Å². The summed E-state index contributed by atoms with van der Waals surface area (Å²) < 4.78 is 38.2. The Balaban J connectivity index is 1.82. The molecule has 0 fully saturated rings. The lowest BCUT2D eigenvalue weighted by Crippen LogP contribution is -2.23. The van der Waals surface area contributed by atoms with E-state index in [-0.39, 0.29) is 18.2 Å². The van der Waals surface area contributed by atoms with Crippen molar-refractivity contribution in [3.05, 3.63) is 89.5 Å². The van der Waals surface area contributed by atoms with Crippen molar-refractivity contribution in [2.75, 3.05) is 0 Å². The topological polar surface area (TPSA) is 49.3 Å². The fraction of sp³-hybridized carbons (Fsp3) is 0.0952. The van der Waals surface area contributed by atoms with Crippen LogP contribution in [0, 0.1) is 0 Å². The SMILES string of the molecule is O=C(NCc1cccc(O)c1)c1ccccc1-c1ccc(C(F)(F)F)cc1. The first-order valence-electron chi connectivity index (χ1n) is 8.17. The highest BCUT2D eigenvalue weighted by Crippen LogP contribution is 2.31. The van der Waals surface area contributed by atoms with Crippen molar-refractivity contribution in [3.8, 4) is 16.9 Å². The summed E-state index contributed by atoms with van der Waals surface area (Å²) in [6, 6.07) is 17.9. The van der Waals surface area contributed by atoms with Crippen molar-refractivity contribution in [2.45, 2.75) is 12.7 Å². The highest BCUT2D eigenvalue weighted by Gasteiger charge is 2.30. The fourth-order valence-corrected chi connectivity index (χ4v) is 2.72. The van der Waals surface area contributed by atoms with E-state index in [1.54, 1.807) is 42.5 Å². The van der Waals surface area contributed by atoms with Gasteiger partial charge in [-0.05, 0) is 47.0 Å². The van der Waals surface area contributed by atoms with Gasteiger partial charge >= 0.3 is 6.18 Å². The van der Waals surface area contributed by atoms with E-state index < -0.39 is 11.7 Å². The van der Waals surface area contributed by atoms with E-state index in [0.29, 0.717) is 16.7 Å². The third kappa shape index (κ3) is 4.47. The van der Waals surface area contributed by atoms with Gasteiger partial charge in [0.2, 0.25) is 0 Å². The molecule has 0 spiro atoms. The predicted octanol–water partition coefficient (Wildman–Crippen LogP) is 5.01. The average molecular weight is 371 g/mol. The van der Waals surface area contributed by atoms with Crippen molar-refractivity contribution >= 4 is 5.91 Å². The number of hydrogen-bond acceptors (Lipinski definition) is 2. The number of halogens is 3. The van der Waals surface area contributed by atoms with Gasteiger partial charge in [0.05, 0.1) is 5.56 Å². The molecule has 0 saturated heterocycles. The van der Waals surface area contributed by atoms with Crippen LogP contribution in [0.4, 0.5) is 13.2 Å². The maximum absolute atomic E-state index is 12.7. The number of aromatic hydroxyl groups is 1. The van der Waals surface area contributed by atoms with E-state index >= 15 is 0 Å². The number of nitrogens with one attached hydrogen (secondary N) is 1. The Bertz CT molecular complexity index is 950. The molecule has 1 amide bonds. The highest BCUT2D eigenvalue weighted by atomic mass is 19.4. The normalized spacial score (nSPS) is 11.2. The Kier molecular flexibility index (Phi) is 5.16. The molecule has 0 radical (unpaired) electrons. The molecule has 3 rings (SSSR count). The van der Waals surface area contributed by atoms with Crippen molar-refractivity contribution in [2.24, 2.45) is 0 Å². The van der Waals surface area contributed by atoms with Crippen molar-refractivity contribution in [3.63, 3.8) is 0 Å². The van der Waals surface area contributed by atoms with Crippen LogP contribution in [0.15, 0.2) is 72.8 Å². The largest absolute Gasteiger partial charge is 0.508 e. The fourth-order valence-electron chi connectivity index (χ4n) is 2.72. The van der Waals surface area contributed by atoms with Crippen LogP contribution in [0.1, 0.15) is 21.5 Å². The lowest BCUT2D eigenvalue weighted by atomic mass is 9.98. The van der Waals surface area contributed by atoms with Crippen LogP contribution >= 0.6 is 0 Å². The van der Waals surface area contributed by atoms with Gasteiger partial charge in [-0.3, -0.25) is 4.79 Å². The predicted molar refractivity (Wildman–Crippen MR) is 96.2 cm³/mol. The second kappa shape index (κ2) is 7.53. The molecule has 27 heavy (non-hydrogen) atoms. The van der Waals surface area contributed by atoms with Crippen LogP contribution in [-0.4, -0.2) is 11.0 Å². The van der Waals surface area contributed by atoms with Gasteiger partial charge in [0.25, 0.3) is 5.91 Å². The number of hydrogen-bond donors (Lipinski definition) is 2. The third-order valence-corrected chi connectivity index (χ3v) is 4.06. The molecule has 0 aliphatic heterocycles. The molecule has 138 valence electrons. The molecule has 3 nitrogen and oxygen atoms in total. The first-order valence-corrected chi connectivity index (χ1v) is 8.17. The number of benzene rings is 3. The van der Waals surface area contributed by atoms with Gasteiger partial charge in [-0.1, -0.05) is 42.5 Å². The van der Waals surface area contributed by atoms with Gasteiger partial charge in [0.1, 0.15) is 5.75 Å².